The zero-order chi connectivity index (χ0) is 16.8. The summed E-state index contributed by atoms with van der Waals surface area (Å²) in [4.78, 5) is 6.75. The van der Waals surface area contributed by atoms with Gasteiger partial charge in [-0.3, -0.25) is 0 Å². The number of anilines is 3. The monoisotopic (exact) mass is 333 g/mol. The molecule has 0 radical (unpaired) electrons. The fourth-order valence-electron chi connectivity index (χ4n) is 2.54. The zero-order valence-corrected chi connectivity index (χ0v) is 15.0. The van der Waals surface area contributed by atoms with Gasteiger partial charge in [0.2, 0.25) is 5.95 Å². The molecule has 0 amide bonds. The summed E-state index contributed by atoms with van der Waals surface area (Å²) in [6, 6.07) is 4.02. The SMILES string of the molecule is CCCN(CCC)c1nncc(Nc2c(C)cc(C)cc2Cl)n1. The highest BCUT2D eigenvalue weighted by atomic mass is 35.5. The van der Waals surface area contributed by atoms with Gasteiger partial charge in [0, 0.05) is 13.1 Å². The number of benzene rings is 1. The van der Waals surface area contributed by atoms with Gasteiger partial charge in [-0.25, -0.2) is 0 Å². The third kappa shape index (κ3) is 4.55. The quantitative estimate of drug-likeness (QED) is 0.807. The summed E-state index contributed by atoms with van der Waals surface area (Å²) in [6.45, 7) is 10.2. The van der Waals surface area contributed by atoms with Crippen molar-refractivity contribution in [3.63, 3.8) is 0 Å². The molecule has 0 saturated heterocycles. The van der Waals surface area contributed by atoms with Gasteiger partial charge in [-0.2, -0.15) is 10.1 Å². The van der Waals surface area contributed by atoms with Gasteiger partial charge in [-0.15, -0.1) is 5.10 Å². The standard InChI is InChI=1S/C17H24ClN5/c1-5-7-23(8-6-2)17-21-15(11-19-22-17)20-16-13(4)9-12(3)10-14(16)18/h9-11H,5-8H2,1-4H3,(H,20,21,22). The van der Waals surface area contributed by atoms with E-state index in [9.17, 15) is 0 Å². The Balaban J connectivity index is 2.26. The van der Waals surface area contributed by atoms with Gasteiger partial charge in [-0.05, 0) is 43.9 Å². The second-order valence-electron chi connectivity index (χ2n) is 5.69. The first-order valence-electron chi connectivity index (χ1n) is 8.03. The van der Waals surface area contributed by atoms with Crippen LogP contribution in [0, 0.1) is 13.8 Å². The van der Waals surface area contributed by atoms with Crippen LogP contribution in [-0.2, 0) is 0 Å². The van der Waals surface area contributed by atoms with Crippen LogP contribution < -0.4 is 10.2 Å². The molecule has 124 valence electrons. The summed E-state index contributed by atoms with van der Waals surface area (Å²) in [5.74, 6) is 1.31. The van der Waals surface area contributed by atoms with Crippen LogP contribution in [0.5, 0.6) is 0 Å². The van der Waals surface area contributed by atoms with E-state index >= 15 is 0 Å². The molecule has 0 aliphatic rings. The maximum absolute atomic E-state index is 6.35. The minimum atomic E-state index is 0.652. The molecule has 0 unspecified atom stereocenters. The van der Waals surface area contributed by atoms with Crippen molar-refractivity contribution < 1.29 is 0 Å². The Labute approximate surface area is 143 Å². The van der Waals surface area contributed by atoms with Crippen molar-refractivity contribution >= 4 is 29.1 Å². The third-order valence-corrected chi connectivity index (χ3v) is 3.80. The van der Waals surface area contributed by atoms with Crippen LogP contribution in [0.3, 0.4) is 0 Å². The van der Waals surface area contributed by atoms with Gasteiger partial charge < -0.3 is 10.2 Å². The maximum atomic E-state index is 6.35. The third-order valence-electron chi connectivity index (χ3n) is 3.50. The first-order valence-corrected chi connectivity index (χ1v) is 8.41. The molecule has 0 spiro atoms. The lowest BCUT2D eigenvalue weighted by atomic mass is 10.1. The maximum Gasteiger partial charge on any atom is 0.247 e. The Morgan fingerprint density at radius 1 is 1.13 bits per heavy atom. The van der Waals surface area contributed by atoms with E-state index in [1.165, 1.54) is 0 Å². The van der Waals surface area contributed by atoms with Crippen molar-refractivity contribution in [3.8, 4) is 0 Å². The van der Waals surface area contributed by atoms with Crippen LogP contribution in [0.25, 0.3) is 0 Å². The van der Waals surface area contributed by atoms with Gasteiger partial charge in [-0.1, -0.05) is 31.5 Å². The predicted octanol–water partition coefficient (Wildman–Crippen LogP) is 4.51. The Morgan fingerprint density at radius 2 is 1.83 bits per heavy atom. The molecule has 0 aliphatic carbocycles. The lowest BCUT2D eigenvalue weighted by molar-refractivity contribution is 0.711. The summed E-state index contributed by atoms with van der Waals surface area (Å²) < 4.78 is 0. The number of rotatable bonds is 7. The van der Waals surface area contributed by atoms with Crippen LogP contribution in [0.1, 0.15) is 37.8 Å². The predicted molar refractivity (Wildman–Crippen MR) is 96.8 cm³/mol. The fourth-order valence-corrected chi connectivity index (χ4v) is 2.91. The number of nitrogens with zero attached hydrogens (tertiary/aromatic N) is 4. The first-order chi connectivity index (χ1) is 11.0. The summed E-state index contributed by atoms with van der Waals surface area (Å²) >= 11 is 6.35. The van der Waals surface area contributed by atoms with Gasteiger partial charge in [0.15, 0.2) is 5.82 Å². The fraction of sp³-hybridized carbons (Fsp3) is 0.471. The van der Waals surface area contributed by atoms with Crippen molar-refractivity contribution in [1.29, 1.82) is 0 Å². The Morgan fingerprint density at radius 3 is 2.43 bits per heavy atom. The van der Waals surface area contributed by atoms with E-state index in [2.05, 4.69) is 45.3 Å². The van der Waals surface area contributed by atoms with E-state index in [1.807, 2.05) is 19.9 Å². The Kier molecular flexibility index (Phi) is 6.16. The molecule has 2 rings (SSSR count). The normalized spacial score (nSPS) is 10.7. The van der Waals surface area contributed by atoms with Crippen LogP contribution in [-0.4, -0.2) is 28.3 Å². The molecular formula is C17H24ClN5. The number of aryl methyl sites for hydroxylation is 2. The van der Waals surface area contributed by atoms with E-state index < -0.39 is 0 Å². The highest BCUT2D eigenvalue weighted by Gasteiger charge is 2.11. The number of hydrogen-bond donors (Lipinski definition) is 1. The van der Waals surface area contributed by atoms with Crippen LogP contribution in [0.2, 0.25) is 5.02 Å². The zero-order valence-electron chi connectivity index (χ0n) is 14.2. The minimum Gasteiger partial charge on any atom is -0.339 e. The van der Waals surface area contributed by atoms with Crippen molar-refractivity contribution in [3.05, 3.63) is 34.5 Å². The molecule has 1 aromatic carbocycles. The lowest BCUT2D eigenvalue weighted by Gasteiger charge is -2.21. The summed E-state index contributed by atoms with van der Waals surface area (Å²) in [6.07, 6.45) is 3.71. The van der Waals surface area contributed by atoms with Crippen molar-refractivity contribution in [2.45, 2.75) is 40.5 Å². The van der Waals surface area contributed by atoms with E-state index in [-0.39, 0.29) is 0 Å². The average molecular weight is 334 g/mol. The number of aromatic nitrogens is 3. The average Bonchev–Trinajstić information content (AvgIpc) is 2.51. The molecule has 2 aromatic rings. The van der Waals surface area contributed by atoms with E-state index in [0.29, 0.717) is 16.8 Å². The van der Waals surface area contributed by atoms with Crippen molar-refractivity contribution in [2.75, 3.05) is 23.3 Å². The van der Waals surface area contributed by atoms with E-state index in [4.69, 9.17) is 11.6 Å². The Hall–Kier alpha value is -1.88. The smallest absolute Gasteiger partial charge is 0.247 e. The number of hydrogen-bond acceptors (Lipinski definition) is 5. The minimum absolute atomic E-state index is 0.652. The van der Waals surface area contributed by atoms with Gasteiger partial charge in [0.25, 0.3) is 0 Å². The topological polar surface area (TPSA) is 53.9 Å². The first kappa shape index (κ1) is 17.5. The van der Waals surface area contributed by atoms with Gasteiger partial charge in [0.05, 0.1) is 16.9 Å². The van der Waals surface area contributed by atoms with Crippen LogP contribution in [0.15, 0.2) is 18.3 Å². The molecule has 23 heavy (non-hydrogen) atoms. The summed E-state index contributed by atoms with van der Waals surface area (Å²) in [7, 11) is 0. The molecule has 0 saturated carbocycles. The van der Waals surface area contributed by atoms with Crippen LogP contribution >= 0.6 is 11.6 Å². The molecular weight excluding hydrogens is 310 g/mol. The second kappa shape index (κ2) is 8.11. The van der Waals surface area contributed by atoms with E-state index in [0.717, 1.165) is 42.7 Å². The molecule has 0 bridgehead atoms. The summed E-state index contributed by atoms with van der Waals surface area (Å²) in [5.41, 5.74) is 3.08. The Bertz CT molecular complexity index is 630. The molecule has 0 fully saturated rings. The molecule has 1 heterocycles. The number of halogens is 1. The van der Waals surface area contributed by atoms with Gasteiger partial charge >= 0.3 is 0 Å². The highest BCUT2D eigenvalue weighted by Crippen LogP contribution is 2.29. The van der Waals surface area contributed by atoms with Gasteiger partial charge in [0.1, 0.15) is 0 Å². The highest BCUT2D eigenvalue weighted by molar-refractivity contribution is 6.33. The van der Waals surface area contributed by atoms with E-state index in [1.54, 1.807) is 6.20 Å². The van der Waals surface area contributed by atoms with Crippen LogP contribution in [0.4, 0.5) is 17.5 Å². The second-order valence-corrected chi connectivity index (χ2v) is 6.10. The molecule has 0 aliphatic heterocycles. The largest absolute Gasteiger partial charge is 0.339 e. The molecule has 6 heteroatoms. The van der Waals surface area contributed by atoms with Crippen molar-refractivity contribution in [2.24, 2.45) is 0 Å². The number of nitrogens with one attached hydrogen (secondary N) is 1. The molecule has 1 aromatic heterocycles. The lowest BCUT2D eigenvalue weighted by Crippen LogP contribution is -2.27. The molecule has 5 nitrogen and oxygen atoms in total. The molecule has 0 atom stereocenters. The molecule has 1 N–H and O–H groups in total. The van der Waals surface area contributed by atoms with Crippen molar-refractivity contribution in [1.82, 2.24) is 15.2 Å². The summed E-state index contributed by atoms with van der Waals surface area (Å²) in [5, 5.41) is 12.2.